The number of nitrogen functional groups attached to an aromatic ring is 1. The van der Waals surface area contributed by atoms with Gasteiger partial charge in [-0.2, -0.15) is 0 Å². The molecule has 220 valence electrons. The second-order valence-electron chi connectivity index (χ2n) is 9.82. The van der Waals surface area contributed by atoms with Crippen LogP contribution in [0.25, 0.3) is 11.1 Å². The number of hydrogen-bond acceptors (Lipinski definition) is 8. The summed E-state index contributed by atoms with van der Waals surface area (Å²) in [6.45, 7) is 7.88. The molecule has 1 saturated heterocycles. The molecule has 3 heterocycles. The number of unbranched alkanes of at least 4 members (excludes halogenated alkanes) is 1. The molecular formula is C29H34Cl2FN5O4. The summed E-state index contributed by atoms with van der Waals surface area (Å²) < 4.78 is 31.2. The third kappa shape index (κ3) is 6.87. The molecule has 2 atom stereocenters. The van der Waals surface area contributed by atoms with E-state index in [-0.39, 0.29) is 33.7 Å². The number of carbonyl (C=O) groups excluding carboxylic acids is 1. The van der Waals surface area contributed by atoms with Crippen molar-refractivity contribution in [3.05, 3.63) is 58.1 Å². The van der Waals surface area contributed by atoms with Gasteiger partial charge in [-0.1, -0.05) is 36.5 Å². The summed E-state index contributed by atoms with van der Waals surface area (Å²) in [6.07, 6.45) is 4.13. The van der Waals surface area contributed by atoms with Crippen LogP contribution in [0.4, 0.5) is 20.8 Å². The Bertz CT molecular complexity index is 1400. The van der Waals surface area contributed by atoms with E-state index in [2.05, 4.69) is 16.8 Å². The van der Waals surface area contributed by atoms with Crippen LogP contribution in [-0.4, -0.2) is 60.4 Å². The number of benzene rings is 1. The summed E-state index contributed by atoms with van der Waals surface area (Å²) >= 11 is 12.4. The van der Waals surface area contributed by atoms with Crippen LogP contribution in [0, 0.1) is 5.82 Å². The summed E-state index contributed by atoms with van der Waals surface area (Å²) in [5, 5.41) is 0.161. The zero-order valence-electron chi connectivity index (χ0n) is 23.5. The molecule has 0 aliphatic carbocycles. The van der Waals surface area contributed by atoms with Crippen LogP contribution < -0.4 is 20.1 Å². The topological polar surface area (TPSA) is 103 Å². The van der Waals surface area contributed by atoms with Crippen LogP contribution in [-0.2, 0) is 4.74 Å². The summed E-state index contributed by atoms with van der Waals surface area (Å²) in [7, 11) is 1.58. The van der Waals surface area contributed by atoms with Crippen molar-refractivity contribution in [3.8, 4) is 22.6 Å². The minimum atomic E-state index is -0.712. The van der Waals surface area contributed by atoms with Crippen LogP contribution in [0.1, 0.15) is 45.3 Å². The molecule has 9 nitrogen and oxygen atoms in total. The zero-order chi connectivity index (χ0) is 29.7. The number of halogens is 3. The van der Waals surface area contributed by atoms with E-state index in [1.807, 2.05) is 13.0 Å². The molecule has 41 heavy (non-hydrogen) atoms. The van der Waals surface area contributed by atoms with E-state index < -0.39 is 11.9 Å². The van der Waals surface area contributed by atoms with Crippen molar-refractivity contribution in [2.75, 3.05) is 44.0 Å². The highest BCUT2D eigenvalue weighted by Crippen LogP contribution is 2.39. The average Bonchev–Trinajstić information content (AvgIpc) is 2.96. The summed E-state index contributed by atoms with van der Waals surface area (Å²) in [4.78, 5) is 25.2. The molecule has 1 fully saturated rings. The Morgan fingerprint density at radius 3 is 2.68 bits per heavy atom. The van der Waals surface area contributed by atoms with Crippen molar-refractivity contribution in [1.82, 2.24) is 14.9 Å². The number of nitrogens with zero attached hydrogens (tertiary/aromatic N) is 4. The molecule has 1 amide bonds. The van der Waals surface area contributed by atoms with Crippen LogP contribution in [0.5, 0.6) is 11.5 Å². The number of pyridine rings is 2. The van der Waals surface area contributed by atoms with Crippen molar-refractivity contribution in [3.63, 3.8) is 0 Å². The fraction of sp³-hybridized carbons (Fsp3) is 0.414. The lowest BCUT2D eigenvalue weighted by atomic mass is 10.1. The second kappa shape index (κ2) is 13.4. The Morgan fingerprint density at radius 1 is 1.20 bits per heavy atom. The molecule has 1 aromatic carbocycles. The van der Waals surface area contributed by atoms with E-state index in [0.717, 1.165) is 18.7 Å². The fourth-order valence-corrected chi connectivity index (χ4v) is 5.37. The quantitative estimate of drug-likeness (QED) is 0.210. The largest absolute Gasteiger partial charge is 0.496 e. The Hall–Kier alpha value is -3.50. The van der Waals surface area contributed by atoms with Crippen LogP contribution in [0.3, 0.4) is 0 Å². The Labute approximate surface area is 249 Å². The predicted octanol–water partition coefficient (Wildman–Crippen LogP) is 6.77. The van der Waals surface area contributed by atoms with Crippen molar-refractivity contribution in [2.24, 2.45) is 0 Å². The standard InChI is InChI=1S/C29H34Cl2FN5O4/c1-5-6-11-40-29(38)36-9-10-37(17(2)16-36)25-13-23(39-4)20(15-34-25)19-12-24(28(33)35-14-19)41-18(3)26-21(30)7-8-22(32)27(26)31/h7-8,12-15,17-18H,5-6,9-11,16H2,1-4H3,(H2,33,35)/t17?,18-/m1/s1. The molecule has 0 radical (unpaired) electrons. The van der Waals surface area contributed by atoms with Gasteiger partial charge in [-0.05, 0) is 38.5 Å². The predicted molar refractivity (Wildman–Crippen MR) is 159 cm³/mol. The van der Waals surface area contributed by atoms with E-state index in [1.54, 1.807) is 37.4 Å². The highest BCUT2D eigenvalue weighted by molar-refractivity contribution is 6.36. The van der Waals surface area contributed by atoms with Crippen LogP contribution >= 0.6 is 23.2 Å². The SMILES string of the molecule is CCCCOC(=O)N1CCN(c2cc(OC)c(-c3cnc(N)c(O[C@H](C)c4c(Cl)ccc(F)c4Cl)c3)cn2)C(C)C1. The lowest BCUT2D eigenvalue weighted by molar-refractivity contribution is 0.0944. The van der Waals surface area contributed by atoms with Gasteiger partial charge < -0.3 is 29.7 Å². The molecule has 2 N–H and O–H groups in total. The maximum absolute atomic E-state index is 14.1. The highest BCUT2D eigenvalue weighted by atomic mass is 35.5. The number of nitrogens with two attached hydrogens (primary N) is 1. The average molecular weight is 607 g/mol. The van der Waals surface area contributed by atoms with Gasteiger partial charge >= 0.3 is 6.09 Å². The van der Waals surface area contributed by atoms with Crippen molar-refractivity contribution in [2.45, 2.75) is 45.8 Å². The Balaban J connectivity index is 1.53. The summed E-state index contributed by atoms with van der Waals surface area (Å²) in [5.41, 5.74) is 7.75. The molecule has 0 bridgehead atoms. The smallest absolute Gasteiger partial charge is 0.409 e. The molecule has 2 aromatic heterocycles. The molecule has 1 unspecified atom stereocenters. The van der Waals surface area contributed by atoms with Crippen molar-refractivity contribution >= 4 is 40.9 Å². The number of hydrogen-bond donors (Lipinski definition) is 1. The van der Waals surface area contributed by atoms with Gasteiger partial charge in [0.15, 0.2) is 11.6 Å². The van der Waals surface area contributed by atoms with E-state index in [4.69, 9.17) is 48.1 Å². The maximum atomic E-state index is 14.1. The number of rotatable bonds is 9. The van der Waals surface area contributed by atoms with Gasteiger partial charge in [-0.15, -0.1) is 0 Å². The van der Waals surface area contributed by atoms with E-state index in [0.29, 0.717) is 48.7 Å². The molecule has 1 aliphatic rings. The number of ether oxygens (including phenoxy) is 3. The van der Waals surface area contributed by atoms with Crippen molar-refractivity contribution in [1.29, 1.82) is 0 Å². The van der Waals surface area contributed by atoms with Gasteiger partial charge in [0.05, 0.1) is 18.7 Å². The molecule has 12 heteroatoms. The number of methoxy groups -OCH3 is 1. The fourth-order valence-electron chi connectivity index (χ4n) is 4.69. The monoisotopic (exact) mass is 605 g/mol. The number of carbonyl (C=O) groups is 1. The van der Waals surface area contributed by atoms with Gasteiger partial charge in [0.1, 0.15) is 23.5 Å². The summed E-state index contributed by atoms with van der Waals surface area (Å²) in [6, 6.07) is 6.21. The Morgan fingerprint density at radius 2 is 1.98 bits per heavy atom. The summed E-state index contributed by atoms with van der Waals surface area (Å²) in [5.74, 6) is 1.12. The lowest BCUT2D eigenvalue weighted by Crippen LogP contribution is -2.54. The van der Waals surface area contributed by atoms with Gasteiger partial charge in [-0.3, -0.25) is 0 Å². The number of piperazine rings is 1. The van der Waals surface area contributed by atoms with E-state index in [9.17, 15) is 9.18 Å². The number of aromatic nitrogens is 2. The molecule has 0 saturated carbocycles. The first-order chi connectivity index (χ1) is 19.6. The van der Waals surface area contributed by atoms with Crippen LogP contribution in [0.2, 0.25) is 10.0 Å². The lowest BCUT2D eigenvalue weighted by Gasteiger charge is -2.40. The molecule has 0 spiro atoms. The van der Waals surface area contributed by atoms with Gasteiger partial charge in [0, 0.05) is 65.8 Å². The minimum absolute atomic E-state index is 0.0201. The first-order valence-corrected chi connectivity index (χ1v) is 14.2. The van der Waals surface area contributed by atoms with E-state index in [1.165, 1.54) is 12.1 Å². The van der Waals surface area contributed by atoms with Gasteiger partial charge in [0.2, 0.25) is 0 Å². The van der Waals surface area contributed by atoms with Gasteiger partial charge in [0.25, 0.3) is 0 Å². The first-order valence-electron chi connectivity index (χ1n) is 13.4. The number of amides is 1. The zero-order valence-corrected chi connectivity index (χ0v) is 25.0. The third-order valence-electron chi connectivity index (χ3n) is 6.96. The van der Waals surface area contributed by atoms with E-state index >= 15 is 0 Å². The number of anilines is 2. The van der Waals surface area contributed by atoms with Crippen LogP contribution in [0.15, 0.2) is 36.7 Å². The molecule has 4 rings (SSSR count). The second-order valence-corrected chi connectivity index (χ2v) is 10.6. The third-order valence-corrected chi connectivity index (χ3v) is 7.67. The molecule has 3 aromatic rings. The first kappa shape index (κ1) is 30.5. The Kier molecular flexibility index (Phi) is 9.99. The molecular weight excluding hydrogens is 572 g/mol. The molecule has 1 aliphatic heterocycles. The normalized spacial score (nSPS) is 15.9. The highest BCUT2D eigenvalue weighted by Gasteiger charge is 2.29. The maximum Gasteiger partial charge on any atom is 0.409 e. The van der Waals surface area contributed by atoms with Crippen molar-refractivity contribution < 1.29 is 23.4 Å². The minimum Gasteiger partial charge on any atom is -0.496 e. The van der Waals surface area contributed by atoms with Gasteiger partial charge in [-0.25, -0.2) is 19.2 Å².